The molecule has 0 unspecified atom stereocenters. The molecule has 2 rings (SSSR count). The summed E-state index contributed by atoms with van der Waals surface area (Å²) >= 11 is 0. The largest absolute Gasteiger partial charge is 0.490 e. The molecule has 72 valence electrons. The molecule has 0 saturated heterocycles. The minimum Gasteiger partial charge on any atom is -0.454 e. The van der Waals surface area contributed by atoms with Crippen LogP contribution in [0.1, 0.15) is 12.0 Å². The molecule has 0 aliphatic carbocycles. The first-order valence-corrected chi connectivity index (χ1v) is 4.05. The average molecular weight is 193 g/mol. The molecule has 0 fully saturated rings. The third-order valence-electron chi connectivity index (χ3n) is 1.81. The van der Waals surface area contributed by atoms with Gasteiger partial charge in [0.2, 0.25) is 0 Å². The van der Waals surface area contributed by atoms with Gasteiger partial charge in [-0.25, -0.2) is 0 Å². The summed E-state index contributed by atoms with van der Waals surface area (Å²) in [6.07, 6.45) is 3.70. The van der Waals surface area contributed by atoms with Crippen molar-refractivity contribution in [2.75, 3.05) is 0 Å². The molecular formula is C8H8BNO4. The summed E-state index contributed by atoms with van der Waals surface area (Å²) in [5.41, 5.74) is 0.916. The van der Waals surface area contributed by atoms with Crippen LogP contribution in [0.4, 0.5) is 0 Å². The highest BCUT2D eigenvalue weighted by Gasteiger charge is 2.18. The van der Waals surface area contributed by atoms with Crippen LogP contribution in [0, 0.1) is 0 Å². The predicted octanol–water partition coefficient (Wildman–Crippen LogP) is -0.722. The van der Waals surface area contributed by atoms with Gasteiger partial charge in [-0.1, -0.05) is 6.07 Å². The lowest BCUT2D eigenvalue weighted by Crippen LogP contribution is -2.30. The first-order chi connectivity index (χ1) is 6.77. The molecule has 2 N–H and O–H groups in total. The van der Waals surface area contributed by atoms with Crippen molar-refractivity contribution in [3.05, 3.63) is 36.5 Å². The molecule has 5 nitrogen and oxygen atoms in total. The Morgan fingerprint density at radius 1 is 1.21 bits per heavy atom. The highest BCUT2D eigenvalue weighted by atomic mass is 16.7. The zero-order chi connectivity index (χ0) is 9.97. The van der Waals surface area contributed by atoms with Crippen molar-refractivity contribution in [2.24, 2.45) is 0 Å². The van der Waals surface area contributed by atoms with Crippen molar-refractivity contribution < 1.29 is 19.5 Å². The lowest BCUT2D eigenvalue weighted by molar-refractivity contribution is -0.0279. The van der Waals surface area contributed by atoms with Crippen LogP contribution in [0.2, 0.25) is 0 Å². The Morgan fingerprint density at radius 3 is 2.43 bits per heavy atom. The quantitative estimate of drug-likeness (QED) is 0.606. The lowest BCUT2D eigenvalue weighted by atomic mass is 9.82. The number of hydrogen-bond acceptors (Lipinski definition) is 5. The Hall–Kier alpha value is -1.53. The van der Waals surface area contributed by atoms with Crippen LogP contribution in [0.5, 0.6) is 0 Å². The van der Waals surface area contributed by atoms with E-state index in [1.807, 2.05) is 0 Å². The summed E-state index contributed by atoms with van der Waals surface area (Å²) in [5, 5.41) is 17.6. The normalized spacial score (nSPS) is 15.0. The molecule has 2 heterocycles. The molecule has 0 radical (unpaired) electrons. The Labute approximate surface area is 80.8 Å². The van der Waals surface area contributed by atoms with Gasteiger partial charge in [0.1, 0.15) is 18.2 Å². The number of hydrogen-bond donors (Lipinski definition) is 2. The number of ether oxygens (including phenoxy) is 2. The minimum atomic E-state index is -1.50. The van der Waals surface area contributed by atoms with Gasteiger partial charge in [0.15, 0.2) is 0 Å². The van der Waals surface area contributed by atoms with Gasteiger partial charge >= 0.3 is 7.12 Å². The smallest absolute Gasteiger partial charge is 0.454 e. The molecule has 0 saturated carbocycles. The monoisotopic (exact) mass is 193 g/mol. The Bertz CT molecular complexity index is 330. The standard InChI is InChI=1S/C8H8BNO4/c11-9(12)6-1-2-7(10-5-6)8-13-3-4-14-8/h1-5,8,11-12H. The second kappa shape index (κ2) is 3.69. The molecular weight excluding hydrogens is 185 g/mol. The van der Waals surface area contributed by atoms with Crippen molar-refractivity contribution >= 4 is 12.6 Å². The fraction of sp³-hybridized carbons (Fsp3) is 0.125. The number of pyridine rings is 1. The fourth-order valence-corrected chi connectivity index (χ4v) is 1.09. The van der Waals surface area contributed by atoms with E-state index in [1.165, 1.54) is 18.7 Å². The van der Waals surface area contributed by atoms with Crippen molar-refractivity contribution in [1.82, 2.24) is 4.98 Å². The summed E-state index contributed by atoms with van der Waals surface area (Å²) in [6, 6.07) is 3.17. The zero-order valence-electron chi connectivity index (χ0n) is 7.20. The molecule has 1 aromatic heterocycles. The zero-order valence-corrected chi connectivity index (χ0v) is 7.20. The highest BCUT2D eigenvalue weighted by Crippen LogP contribution is 2.20. The Kier molecular flexibility index (Phi) is 2.38. The van der Waals surface area contributed by atoms with Gasteiger partial charge in [-0.2, -0.15) is 0 Å². The summed E-state index contributed by atoms with van der Waals surface area (Å²) in [7, 11) is -1.50. The van der Waals surface area contributed by atoms with Crippen molar-refractivity contribution in [1.29, 1.82) is 0 Å². The van der Waals surface area contributed by atoms with Crippen LogP contribution in [0.3, 0.4) is 0 Å². The molecule has 0 bridgehead atoms. The third kappa shape index (κ3) is 1.71. The van der Waals surface area contributed by atoms with Gasteiger partial charge in [0.25, 0.3) is 6.29 Å². The van der Waals surface area contributed by atoms with E-state index in [9.17, 15) is 0 Å². The fourth-order valence-electron chi connectivity index (χ4n) is 1.09. The van der Waals surface area contributed by atoms with E-state index in [1.54, 1.807) is 12.1 Å². The molecule has 1 aromatic rings. The van der Waals surface area contributed by atoms with Crippen LogP contribution in [0.25, 0.3) is 0 Å². The van der Waals surface area contributed by atoms with E-state index in [-0.39, 0.29) is 0 Å². The van der Waals surface area contributed by atoms with Crippen molar-refractivity contribution in [3.63, 3.8) is 0 Å². The maximum absolute atomic E-state index is 8.82. The summed E-state index contributed by atoms with van der Waals surface area (Å²) in [4.78, 5) is 3.97. The maximum atomic E-state index is 8.82. The van der Waals surface area contributed by atoms with Gasteiger partial charge in [-0.05, 0) is 6.07 Å². The third-order valence-corrected chi connectivity index (χ3v) is 1.81. The first-order valence-electron chi connectivity index (χ1n) is 4.05. The van der Waals surface area contributed by atoms with E-state index in [0.29, 0.717) is 11.2 Å². The highest BCUT2D eigenvalue weighted by molar-refractivity contribution is 6.58. The first kappa shape index (κ1) is 9.05. The maximum Gasteiger partial charge on any atom is 0.490 e. The van der Waals surface area contributed by atoms with E-state index in [2.05, 4.69) is 4.98 Å². The van der Waals surface area contributed by atoms with Crippen molar-refractivity contribution in [2.45, 2.75) is 6.29 Å². The van der Waals surface area contributed by atoms with E-state index in [4.69, 9.17) is 19.5 Å². The summed E-state index contributed by atoms with van der Waals surface area (Å²) in [6.45, 7) is 0. The average Bonchev–Trinajstić information content (AvgIpc) is 2.71. The summed E-state index contributed by atoms with van der Waals surface area (Å²) in [5.74, 6) is 0. The van der Waals surface area contributed by atoms with Gasteiger partial charge in [-0.15, -0.1) is 0 Å². The second-order valence-electron chi connectivity index (χ2n) is 2.77. The van der Waals surface area contributed by atoms with Crippen LogP contribution in [-0.4, -0.2) is 22.2 Å². The van der Waals surface area contributed by atoms with Gasteiger partial charge in [-0.3, -0.25) is 4.98 Å². The van der Waals surface area contributed by atoms with Crippen LogP contribution >= 0.6 is 0 Å². The van der Waals surface area contributed by atoms with Crippen LogP contribution in [-0.2, 0) is 9.47 Å². The molecule has 1 aliphatic rings. The molecule has 0 spiro atoms. The van der Waals surface area contributed by atoms with Gasteiger partial charge in [0.05, 0.1) is 0 Å². The Morgan fingerprint density at radius 2 is 1.93 bits per heavy atom. The lowest BCUT2D eigenvalue weighted by Gasteiger charge is -2.09. The van der Waals surface area contributed by atoms with Crippen LogP contribution in [0.15, 0.2) is 30.9 Å². The molecule has 6 heteroatoms. The summed E-state index contributed by atoms with van der Waals surface area (Å²) < 4.78 is 10.1. The molecule has 0 atom stereocenters. The molecule has 0 amide bonds. The molecule has 1 aliphatic heterocycles. The number of aromatic nitrogens is 1. The number of nitrogens with zero attached hydrogens (tertiary/aromatic N) is 1. The predicted molar refractivity (Wildman–Crippen MR) is 48.1 cm³/mol. The minimum absolute atomic E-state index is 0.333. The molecule has 0 aromatic carbocycles. The second-order valence-corrected chi connectivity index (χ2v) is 2.77. The van der Waals surface area contributed by atoms with E-state index >= 15 is 0 Å². The van der Waals surface area contributed by atoms with E-state index in [0.717, 1.165) is 0 Å². The van der Waals surface area contributed by atoms with Gasteiger partial charge in [0, 0.05) is 11.7 Å². The SMILES string of the molecule is OB(O)c1ccc(C2OC=CO2)nc1. The van der Waals surface area contributed by atoms with Crippen molar-refractivity contribution in [3.8, 4) is 0 Å². The van der Waals surface area contributed by atoms with Crippen LogP contribution < -0.4 is 5.46 Å². The van der Waals surface area contributed by atoms with E-state index < -0.39 is 13.4 Å². The number of rotatable bonds is 2. The molecule has 14 heavy (non-hydrogen) atoms. The topological polar surface area (TPSA) is 71.8 Å². The van der Waals surface area contributed by atoms with Gasteiger partial charge < -0.3 is 19.5 Å². The Balaban J connectivity index is 2.13.